The summed E-state index contributed by atoms with van der Waals surface area (Å²) >= 11 is 3.19. The molecule has 2 heterocycles. The van der Waals surface area contributed by atoms with Gasteiger partial charge in [0.15, 0.2) is 0 Å². The van der Waals surface area contributed by atoms with Gasteiger partial charge in [-0.1, -0.05) is 6.07 Å². The highest BCUT2D eigenvalue weighted by Crippen LogP contribution is 2.21. The van der Waals surface area contributed by atoms with Crippen molar-refractivity contribution in [3.8, 4) is 0 Å². The Bertz CT molecular complexity index is 583. The number of halogens is 3. The van der Waals surface area contributed by atoms with Gasteiger partial charge in [0, 0.05) is 19.6 Å². The molecule has 25 heavy (non-hydrogen) atoms. The minimum Gasteiger partial charge on any atom is -0.354 e. The van der Waals surface area contributed by atoms with E-state index < -0.39 is 0 Å². The van der Waals surface area contributed by atoms with Gasteiger partial charge in [-0.25, -0.2) is 4.39 Å². The van der Waals surface area contributed by atoms with Crippen LogP contribution >= 0.6 is 28.3 Å². The van der Waals surface area contributed by atoms with E-state index in [1.165, 1.54) is 0 Å². The monoisotopic (exact) mass is 433 g/mol. The number of piperidine rings is 1. The molecule has 1 aromatic rings. The van der Waals surface area contributed by atoms with E-state index in [0.29, 0.717) is 10.4 Å². The van der Waals surface area contributed by atoms with Gasteiger partial charge in [0.05, 0.1) is 10.5 Å². The summed E-state index contributed by atoms with van der Waals surface area (Å²) in [4.78, 5) is 14.5. The lowest BCUT2D eigenvalue weighted by molar-refractivity contribution is -0.123. The summed E-state index contributed by atoms with van der Waals surface area (Å²) in [5, 5.41) is 6.33. The molecule has 2 unspecified atom stereocenters. The first-order chi connectivity index (χ1) is 11.6. The van der Waals surface area contributed by atoms with E-state index in [-0.39, 0.29) is 30.2 Å². The average Bonchev–Trinajstić information content (AvgIpc) is 3.11. The molecule has 2 aliphatic heterocycles. The third kappa shape index (κ3) is 5.91. The number of rotatable bonds is 5. The lowest BCUT2D eigenvalue weighted by Gasteiger charge is -2.33. The lowest BCUT2D eigenvalue weighted by atomic mass is 9.97. The van der Waals surface area contributed by atoms with E-state index in [4.69, 9.17) is 0 Å². The molecule has 3 rings (SSSR count). The first-order valence-corrected chi connectivity index (χ1v) is 9.58. The fourth-order valence-electron chi connectivity index (χ4n) is 3.63. The van der Waals surface area contributed by atoms with Crippen LogP contribution in [0.1, 0.15) is 31.2 Å². The number of likely N-dealkylation sites (tertiary alicyclic amines) is 1. The molecule has 2 saturated heterocycles. The van der Waals surface area contributed by atoms with E-state index in [9.17, 15) is 9.18 Å². The quantitative estimate of drug-likeness (QED) is 0.748. The Balaban J connectivity index is 0.00000225. The van der Waals surface area contributed by atoms with Gasteiger partial charge in [-0.3, -0.25) is 9.69 Å². The van der Waals surface area contributed by atoms with Gasteiger partial charge >= 0.3 is 0 Å². The predicted molar refractivity (Wildman–Crippen MR) is 103 cm³/mol. The number of nitrogens with one attached hydrogen (secondary N) is 2. The van der Waals surface area contributed by atoms with Crippen LogP contribution < -0.4 is 10.6 Å². The zero-order chi connectivity index (χ0) is 16.9. The number of carbonyl (C=O) groups excluding carboxylic acids is 1. The molecule has 0 bridgehead atoms. The first kappa shape index (κ1) is 20.6. The molecule has 2 fully saturated rings. The van der Waals surface area contributed by atoms with Crippen molar-refractivity contribution in [2.24, 2.45) is 5.92 Å². The van der Waals surface area contributed by atoms with Crippen LogP contribution in [0.3, 0.4) is 0 Å². The second-order valence-electron chi connectivity index (χ2n) is 6.89. The number of amides is 1. The summed E-state index contributed by atoms with van der Waals surface area (Å²) in [7, 11) is 0. The van der Waals surface area contributed by atoms with Crippen LogP contribution in [-0.4, -0.2) is 43.0 Å². The Hall–Kier alpha value is -0.690. The molecule has 2 atom stereocenters. The number of hydrogen-bond donors (Lipinski definition) is 2. The molecule has 4 nitrogen and oxygen atoms in total. The van der Waals surface area contributed by atoms with Gasteiger partial charge < -0.3 is 10.6 Å². The molecule has 0 saturated carbocycles. The smallest absolute Gasteiger partial charge is 0.237 e. The van der Waals surface area contributed by atoms with Gasteiger partial charge in [-0.05, 0) is 78.3 Å². The predicted octanol–water partition coefficient (Wildman–Crippen LogP) is 3.09. The van der Waals surface area contributed by atoms with E-state index in [2.05, 4.69) is 31.5 Å². The highest BCUT2D eigenvalue weighted by atomic mass is 79.9. The molecule has 0 aromatic heterocycles. The van der Waals surface area contributed by atoms with Crippen molar-refractivity contribution >= 4 is 34.2 Å². The summed E-state index contributed by atoms with van der Waals surface area (Å²) in [5.74, 6) is 0.404. The van der Waals surface area contributed by atoms with Crippen LogP contribution in [0.25, 0.3) is 0 Å². The first-order valence-electron chi connectivity index (χ1n) is 8.79. The molecule has 2 aliphatic rings. The highest BCUT2D eigenvalue weighted by molar-refractivity contribution is 9.10. The van der Waals surface area contributed by atoms with Crippen molar-refractivity contribution in [2.45, 2.75) is 38.3 Å². The fourth-order valence-corrected chi connectivity index (χ4v) is 3.88. The number of hydrogen-bond acceptors (Lipinski definition) is 3. The summed E-state index contributed by atoms with van der Waals surface area (Å²) < 4.78 is 14.2. The van der Waals surface area contributed by atoms with Crippen molar-refractivity contribution in [3.63, 3.8) is 0 Å². The van der Waals surface area contributed by atoms with E-state index in [1.54, 1.807) is 12.1 Å². The van der Waals surface area contributed by atoms with Crippen LogP contribution in [0.2, 0.25) is 0 Å². The maximum absolute atomic E-state index is 13.6. The molecular weight excluding hydrogens is 409 g/mol. The molecule has 0 radical (unpaired) electrons. The second-order valence-corrected chi connectivity index (χ2v) is 7.74. The van der Waals surface area contributed by atoms with Crippen molar-refractivity contribution < 1.29 is 9.18 Å². The Morgan fingerprint density at radius 2 is 2.20 bits per heavy atom. The van der Waals surface area contributed by atoms with Crippen molar-refractivity contribution in [1.29, 1.82) is 0 Å². The Labute approximate surface area is 163 Å². The lowest BCUT2D eigenvalue weighted by Crippen LogP contribution is -2.45. The molecule has 0 spiro atoms. The summed E-state index contributed by atoms with van der Waals surface area (Å²) in [6.45, 7) is 4.43. The van der Waals surface area contributed by atoms with E-state index in [0.717, 1.165) is 64.0 Å². The second kappa shape index (κ2) is 9.86. The van der Waals surface area contributed by atoms with Gasteiger partial charge in [0.2, 0.25) is 5.91 Å². The van der Waals surface area contributed by atoms with Gasteiger partial charge in [0.1, 0.15) is 5.82 Å². The van der Waals surface area contributed by atoms with Crippen molar-refractivity contribution in [3.05, 3.63) is 34.1 Å². The maximum Gasteiger partial charge on any atom is 0.237 e. The zero-order valence-corrected chi connectivity index (χ0v) is 16.7. The fraction of sp³-hybridized carbons (Fsp3) is 0.611. The number of nitrogens with zero attached hydrogens (tertiary/aromatic N) is 1. The minimum atomic E-state index is -0.211. The van der Waals surface area contributed by atoms with Crippen molar-refractivity contribution in [2.75, 3.05) is 26.2 Å². The third-order valence-electron chi connectivity index (χ3n) is 4.94. The van der Waals surface area contributed by atoms with Gasteiger partial charge in [-0.2, -0.15) is 0 Å². The van der Waals surface area contributed by atoms with Gasteiger partial charge in [0.25, 0.3) is 0 Å². The number of carbonyl (C=O) groups is 1. The Morgan fingerprint density at radius 3 is 2.92 bits per heavy atom. The third-order valence-corrected chi connectivity index (χ3v) is 5.58. The number of benzene rings is 1. The van der Waals surface area contributed by atoms with E-state index in [1.807, 2.05) is 6.07 Å². The van der Waals surface area contributed by atoms with E-state index >= 15 is 0 Å². The molecule has 1 aromatic carbocycles. The SMILES string of the molecule is Cl.O=C(NCC1CCCN(Cc2ccc(Br)c(F)c2)C1)C1CCCN1. The van der Waals surface area contributed by atoms with Crippen LogP contribution in [0, 0.1) is 11.7 Å². The maximum atomic E-state index is 13.6. The molecular formula is C18H26BrClFN3O. The zero-order valence-electron chi connectivity index (χ0n) is 14.3. The summed E-state index contributed by atoms with van der Waals surface area (Å²) in [5.41, 5.74) is 0.996. The molecule has 7 heteroatoms. The highest BCUT2D eigenvalue weighted by Gasteiger charge is 2.24. The van der Waals surface area contributed by atoms with Crippen LogP contribution in [0.4, 0.5) is 4.39 Å². The van der Waals surface area contributed by atoms with Crippen LogP contribution in [0.5, 0.6) is 0 Å². The van der Waals surface area contributed by atoms with Crippen LogP contribution in [-0.2, 0) is 11.3 Å². The molecule has 1 amide bonds. The van der Waals surface area contributed by atoms with Crippen molar-refractivity contribution in [1.82, 2.24) is 15.5 Å². The summed E-state index contributed by atoms with van der Waals surface area (Å²) in [6, 6.07) is 5.32. The van der Waals surface area contributed by atoms with Gasteiger partial charge in [-0.15, -0.1) is 12.4 Å². The Kier molecular flexibility index (Phi) is 8.13. The molecule has 2 N–H and O–H groups in total. The molecule has 0 aliphatic carbocycles. The minimum absolute atomic E-state index is 0. The standard InChI is InChI=1S/C18H25BrFN3O.ClH/c19-15-6-5-13(9-16(15)20)11-23-8-2-3-14(12-23)10-22-18(24)17-4-1-7-21-17;/h5-6,9,14,17,21H,1-4,7-8,10-12H2,(H,22,24);1H. The molecule has 140 valence electrons. The average molecular weight is 435 g/mol. The topological polar surface area (TPSA) is 44.4 Å². The largest absolute Gasteiger partial charge is 0.354 e. The Morgan fingerprint density at radius 1 is 1.36 bits per heavy atom. The summed E-state index contributed by atoms with van der Waals surface area (Å²) in [6.07, 6.45) is 4.29. The normalized spacial score (nSPS) is 23.9. The van der Waals surface area contributed by atoms with Crippen LogP contribution in [0.15, 0.2) is 22.7 Å².